The van der Waals surface area contributed by atoms with Crippen LogP contribution < -0.4 is 0 Å². The number of aryl methyl sites for hydroxylation is 2. The lowest BCUT2D eigenvalue weighted by Crippen LogP contribution is -2.07. The predicted molar refractivity (Wildman–Crippen MR) is 95.9 cm³/mol. The summed E-state index contributed by atoms with van der Waals surface area (Å²) in [4.78, 5) is 13.1. The second kappa shape index (κ2) is 6.05. The summed E-state index contributed by atoms with van der Waals surface area (Å²) in [5, 5.41) is 2.91. The summed E-state index contributed by atoms with van der Waals surface area (Å²) < 4.78 is 0. The number of hydrogen-bond donors (Lipinski definition) is 0. The molecule has 0 amide bonds. The summed E-state index contributed by atoms with van der Waals surface area (Å²) in [6.45, 7) is 4.02. The van der Waals surface area contributed by atoms with E-state index in [4.69, 9.17) is 0 Å². The third kappa shape index (κ3) is 2.59. The van der Waals surface area contributed by atoms with Gasteiger partial charge in [-0.1, -0.05) is 70.5 Å². The van der Waals surface area contributed by atoms with Gasteiger partial charge in [-0.2, -0.15) is 0 Å². The first-order chi connectivity index (χ1) is 10.6. The molecule has 0 aliphatic rings. The monoisotopic (exact) mass is 352 g/mol. The van der Waals surface area contributed by atoms with Crippen molar-refractivity contribution >= 4 is 32.5 Å². The van der Waals surface area contributed by atoms with Gasteiger partial charge in [0.05, 0.1) is 0 Å². The Morgan fingerprint density at radius 3 is 2.27 bits per heavy atom. The van der Waals surface area contributed by atoms with E-state index in [1.54, 1.807) is 0 Å². The van der Waals surface area contributed by atoms with Crippen molar-refractivity contribution in [1.82, 2.24) is 0 Å². The molecular formula is C20H17BrO. The second-order valence-corrected chi connectivity index (χ2v) is 6.15. The number of rotatable bonds is 3. The molecule has 0 aliphatic heterocycles. The number of benzene rings is 3. The molecule has 22 heavy (non-hydrogen) atoms. The summed E-state index contributed by atoms with van der Waals surface area (Å²) in [6.07, 6.45) is 0. The van der Waals surface area contributed by atoms with E-state index in [0.29, 0.717) is 0 Å². The average Bonchev–Trinajstić information content (AvgIpc) is 2.53. The Kier molecular flexibility index (Phi) is 4.12. The van der Waals surface area contributed by atoms with E-state index >= 15 is 0 Å². The van der Waals surface area contributed by atoms with Gasteiger partial charge >= 0.3 is 0 Å². The minimum atomic E-state index is 0.105. The summed E-state index contributed by atoms with van der Waals surface area (Å²) >= 11 is 3.48. The van der Waals surface area contributed by atoms with Crippen LogP contribution in [0.15, 0.2) is 54.6 Å². The van der Waals surface area contributed by atoms with Crippen LogP contribution in [0, 0.1) is 13.8 Å². The van der Waals surface area contributed by atoms with Crippen LogP contribution in [0.5, 0.6) is 0 Å². The molecule has 0 fully saturated rings. The van der Waals surface area contributed by atoms with Gasteiger partial charge in [0.2, 0.25) is 0 Å². The molecule has 0 bridgehead atoms. The lowest BCUT2D eigenvalue weighted by molar-refractivity contribution is 0.103. The lowest BCUT2D eigenvalue weighted by atomic mass is 9.91. The van der Waals surface area contributed by atoms with E-state index < -0.39 is 0 Å². The molecule has 3 rings (SSSR count). The SMILES string of the molecule is Cc1cc(CBr)cc(C)c1C(=O)c1cccc2ccccc12. The van der Waals surface area contributed by atoms with Gasteiger partial charge in [-0.15, -0.1) is 0 Å². The number of hydrogen-bond acceptors (Lipinski definition) is 1. The highest BCUT2D eigenvalue weighted by atomic mass is 79.9. The van der Waals surface area contributed by atoms with E-state index in [0.717, 1.165) is 38.4 Å². The van der Waals surface area contributed by atoms with E-state index in [9.17, 15) is 4.79 Å². The van der Waals surface area contributed by atoms with Gasteiger partial charge in [0.1, 0.15) is 0 Å². The van der Waals surface area contributed by atoms with Crippen LogP contribution in [0.2, 0.25) is 0 Å². The molecular weight excluding hydrogens is 336 g/mol. The van der Waals surface area contributed by atoms with Gasteiger partial charge in [-0.3, -0.25) is 4.79 Å². The molecule has 3 aromatic rings. The van der Waals surface area contributed by atoms with E-state index in [1.165, 1.54) is 5.56 Å². The largest absolute Gasteiger partial charge is 0.289 e. The maximum Gasteiger partial charge on any atom is 0.194 e. The Hall–Kier alpha value is -1.93. The van der Waals surface area contributed by atoms with Crippen molar-refractivity contribution in [2.75, 3.05) is 0 Å². The van der Waals surface area contributed by atoms with Crippen molar-refractivity contribution < 1.29 is 4.79 Å². The van der Waals surface area contributed by atoms with Crippen LogP contribution in [0.4, 0.5) is 0 Å². The van der Waals surface area contributed by atoms with Crippen LogP contribution >= 0.6 is 15.9 Å². The topological polar surface area (TPSA) is 17.1 Å². The maximum atomic E-state index is 13.1. The molecule has 0 heterocycles. The third-order valence-corrected chi connectivity index (χ3v) is 4.66. The lowest BCUT2D eigenvalue weighted by Gasteiger charge is -2.12. The zero-order valence-electron chi connectivity index (χ0n) is 12.7. The van der Waals surface area contributed by atoms with E-state index in [-0.39, 0.29) is 5.78 Å². The van der Waals surface area contributed by atoms with Gasteiger partial charge in [-0.25, -0.2) is 0 Å². The molecule has 0 aromatic heterocycles. The molecule has 0 unspecified atom stereocenters. The number of carbonyl (C=O) groups is 1. The quantitative estimate of drug-likeness (QED) is 0.444. The van der Waals surface area contributed by atoms with Crippen molar-refractivity contribution in [3.8, 4) is 0 Å². The fraction of sp³-hybridized carbons (Fsp3) is 0.150. The average molecular weight is 353 g/mol. The molecule has 0 aliphatic carbocycles. The Morgan fingerprint density at radius 2 is 1.59 bits per heavy atom. The normalized spacial score (nSPS) is 10.9. The summed E-state index contributed by atoms with van der Waals surface area (Å²) in [6, 6.07) is 18.1. The minimum absolute atomic E-state index is 0.105. The van der Waals surface area contributed by atoms with Crippen molar-refractivity contribution in [2.45, 2.75) is 19.2 Å². The molecule has 3 aromatic carbocycles. The third-order valence-electron chi connectivity index (χ3n) is 4.01. The molecule has 1 nitrogen and oxygen atoms in total. The number of alkyl halides is 1. The molecule has 0 saturated carbocycles. The maximum absolute atomic E-state index is 13.1. The van der Waals surface area contributed by atoms with Crippen LogP contribution in [-0.2, 0) is 5.33 Å². The summed E-state index contributed by atoms with van der Waals surface area (Å²) in [5.74, 6) is 0.105. The molecule has 110 valence electrons. The Balaban J connectivity index is 2.19. The second-order valence-electron chi connectivity index (χ2n) is 5.59. The number of ketones is 1. The zero-order chi connectivity index (χ0) is 15.7. The number of halogens is 1. The Morgan fingerprint density at radius 1 is 0.955 bits per heavy atom. The number of carbonyl (C=O) groups excluding carboxylic acids is 1. The van der Waals surface area contributed by atoms with Gasteiger partial charge in [0, 0.05) is 16.5 Å². The Bertz CT molecular complexity index is 836. The zero-order valence-corrected chi connectivity index (χ0v) is 14.3. The van der Waals surface area contributed by atoms with Crippen LogP contribution in [0.25, 0.3) is 10.8 Å². The molecule has 0 radical (unpaired) electrons. The minimum Gasteiger partial charge on any atom is -0.289 e. The fourth-order valence-electron chi connectivity index (χ4n) is 3.05. The van der Waals surface area contributed by atoms with E-state index in [1.807, 2.05) is 56.3 Å². The fourth-order valence-corrected chi connectivity index (χ4v) is 3.37. The van der Waals surface area contributed by atoms with Crippen molar-refractivity contribution in [3.05, 3.63) is 82.4 Å². The predicted octanol–water partition coefficient (Wildman–Crippen LogP) is 5.58. The van der Waals surface area contributed by atoms with Gasteiger partial charge in [0.15, 0.2) is 5.78 Å². The molecule has 0 spiro atoms. The first kappa shape index (κ1) is 15.0. The highest BCUT2D eigenvalue weighted by Gasteiger charge is 2.17. The van der Waals surface area contributed by atoms with Gasteiger partial charge in [-0.05, 0) is 41.3 Å². The smallest absolute Gasteiger partial charge is 0.194 e. The summed E-state index contributed by atoms with van der Waals surface area (Å²) in [5.41, 5.74) is 4.86. The van der Waals surface area contributed by atoms with Crippen LogP contribution in [0.1, 0.15) is 32.6 Å². The van der Waals surface area contributed by atoms with Gasteiger partial charge < -0.3 is 0 Å². The standard InChI is InChI=1S/C20H17BrO/c1-13-10-15(12-21)11-14(2)19(13)20(22)18-9-5-7-16-6-3-4-8-17(16)18/h3-11H,12H2,1-2H3. The highest BCUT2D eigenvalue weighted by molar-refractivity contribution is 9.08. The number of fused-ring (bicyclic) bond motifs is 1. The first-order valence-electron chi connectivity index (χ1n) is 7.30. The molecule has 0 saturated heterocycles. The van der Waals surface area contributed by atoms with Crippen molar-refractivity contribution in [1.29, 1.82) is 0 Å². The molecule has 0 atom stereocenters. The van der Waals surface area contributed by atoms with Crippen molar-refractivity contribution in [3.63, 3.8) is 0 Å². The Labute approximate surface area is 139 Å². The van der Waals surface area contributed by atoms with Crippen LogP contribution in [-0.4, -0.2) is 5.78 Å². The van der Waals surface area contributed by atoms with Crippen LogP contribution in [0.3, 0.4) is 0 Å². The van der Waals surface area contributed by atoms with E-state index in [2.05, 4.69) is 28.1 Å². The molecule has 2 heteroatoms. The summed E-state index contributed by atoms with van der Waals surface area (Å²) in [7, 11) is 0. The molecule has 0 N–H and O–H groups in total. The van der Waals surface area contributed by atoms with Gasteiger partial charge in [0.25, 0.3) is 0 Å². The first-order valence-corrected chi connectivity index (χ1v) is 8.42. The van der Waals surface area contributed by atoms with Crippen molar-refractivity contribution in [2.24, 2.45) is 0 Å². The highest BCUT2D eigenvalue weighted by Crippen LogP contribution is 2.26.